The highest BCUT2D eigenvalue weighted by Crippen LogP contribution is 2.36. The van der Waals surface area contributed by atoms with Crippen LogP contribution in [0.15, 0.2) is 4.99 Å². The van der Waals surface area contributed by atoms with E-state index >= 15 is 0 Å². The molecule has 0 bridgehead atoms. The molecule has 6 nitrogen and oxygen atoms in total. The summed E-state index contributed by atoms with van der Waals surface area (Å²) < 4.78 is 23.6. The Labute approximate surface area is 170 Å². The highest BCUT2D eigenvalue weighted by atomic mass is 127. The fourth-order valence-corrected chi connectivity index (χ4v) is 3.76. The maximum Gasteiger partial charge on any atom is 0.191 e. The van der Waals surface area contributed by atoms with Crippen LogP contribution in [0.1, 0.15) is 60.3 Å². The first-order valence-electron chi connectivity index (χ1n) is 8.94. The van der Waals surface area contributed by atoms with Crippen LogP contribution in [0.4, 0.5) is 0 Å². The number of hydrogen-bond acceptors (Lipinski definition) is 4. The standard InChI is InChI=1S/C17H35N3O3S.HI/c1-6-18-15(19-11-12-24(22,23)16(2,3)4)20-13-17(5)10-8-7-9-14(17)21;/h14,21H,6-13H2,1-5H3,(H2,18,19,20);1H. The van der Waals surface area contributed by atoms with Gasteiger partial charge in [0.1, 0.15) is 0 Å². The van der Waals surface area contributed by atoms with Crippen molar-refractivity contribution >= 4 is 39.8 Å². The Morgan fingerprint density at radius 3 is 2.44 bits per heavy atom. The second-order valence-electron chi connectivity index (χ2n) is 7.97. The normalized spacial score (nSPS) is 25.2. The lowest BCUT2D eigenvalue weighted by atomic mass is 9.73. The smallest absolute Gasteiger partial charge is 0.191 e. The summed E-state index contributed by atoms with van der Waals surface area (Å²) in [6.45, 7) is 10.8. The van der Waals surface area contributed by atoms with Gasteiger partial charge in [0.05, 0.1) is 23.1 Å². The van der Waals surface area contributed by atoms with Crippen molar-refractivity contribution in [1.29, 1.82) is 0 Å². The summed E-state index contributed by atoms with van der Waals surface area (Å²) in [6.07, 6.45) is 3.68. The number of aliphatic hydroxyl groups is 1. The Morgan fingerprint density at radius 1 is 1.28 bits per heavy atom. The van der Waals surface area contributed by atoms with Crippen LogP contribution < -0.4 is 10.6 Å². The number of nitrogens with one attached hydrogen (secondary N) is 2. The van der Waals surface area contributed by atoms with Gasteiger partial charge in [-0.2, -0.15) is 0 Å². The molecule has 8 heteroatoms. The minimum Gasteiger partial charge on any atom is -0.392 e. The van der Waals surface area contributed by atoms with Crippen molar-refractivity contribution in [3.8, 4) is 0 Å². The Balaban J connectivity index is 0.00000576. The number of rotatable bonds is 6. The Kier molecular flexibility index (Phi) is 10.3. The van der Waals surface area contributed by atoms with Crippen molar-refractivity contribution in [1.82, 2.24) is 10.6 Å². The zero-order valence-corrected chi connectivity index (χ0v) is 19.4. The zero-order valence-electron chi connectivity index (χ0n) is 16.3. The predicted octanol–water partition coefficient (Wildman–Crippen LogP) is 2.31. The maximum absolute atomic E-state index is 12.2. The molecule has 0 aromatic carbocycles. The first-order valence-corrected chi connectivity index (χ1v) is 10.6. The molecule has 1 aliphatic carbocycles. The van der Waals surface area contributed by atoms with E-state index in [9.17, 15) is 13.5 Å². The average molecular weight is 489 g/mol. The van der Waals surface area contributed by atoms with Crippen LogP contribution in [0.5, 0.6) is 0 Å². The third kappa shape index (κ3) is 7.58. The van der Waals surface area contributed by atoms with E-state index in [0.29, 0.717) is 25.6 Å². The number of aliphatic hydroxyl groups excluding tert-OH is 1. The molecule has 0 heterocycles. The molecule has 2 atom stereocenters. The molecule has 0 amide bonds. The summed E-state index contributed by atoms with van der Waals surface area (Å²) >= 11 is 0. The van der Waals surface area contributed by atoms with E-state index in [4.69, 9.17) is 0 Å². The quantitative estimate of drug-likeness (QED) is 0.303. The Morgan fingerprint density at radius 2 is 1.92 bits per heavy atom. The van der Waals surface area contributed by atoms with Crippen molar-refractivity contribution < 1.29 is 13.5 Å². The van der Waals surface area contributed by atoms with Crippen molar-refractivity contribution in [2.24, 2.45) is 10.4 Å². The van der Waals surface area contributed by atoms with Gasteiger partial charge in [0.25, 0.3) is 0 Å². The van der Waals surface area contributed by atoms with Crippen LogP contribution in [0.3, 0.4) is 0 Å². The molecule has 150 valence electrons. The fraction of sp³-hybridized carbons (Fsp3) is 0.941. The molecule has 25 heavy (non-hydrogen) atoms. The van der Waals surface area contributed by atoms with Gasteiger partial charge in [-0.1, -0.05) is 19.8 Å². The SMILES string of the molecule is CCNC(=NCC1(C)CCCCC1O)NCCS(=O)(=O)C(C)(C)C.I. The number of sulfone groups is 1. The largest absolute Gasteiger partial charge is 0.392 e. The van der Waals surface area contributed by atoms with Crippen molar-refractivity contribution in [3.63, 3.8) is 0 Å². The van der Waals surface area contributed by atoms with E-state index in [1.807, 2.05) is 6.92 Å². The molecule has 1 rings (SSSR count). The van der Waals surface area contributed by atoms with E-state index in [2.05, 4.69) is 22.5 Å². The van der Waals surface area contributed by atoms with Gasteiger partial charge in [-0.15, -0.1) is 24.0 Å². The van der Waals surface area contributed by atoms with Gasteiger partial charge in [-0.25, -0.2) is 8.42 Å². The summed E-state index contributed by atoms with van der Waals surface area (Å²) in [7, 11) is -3.15. The van der Waals surface area contributed by atoms with Crippen LogP contribution in [0, 0.1) is 5.41 Å². The molecule has 1 aliphatic rings. The monoisotopic (exact) mass is 489 g/mol. The molecule has 0 aliphatic heterocycles. The highest BCUT2D eigenvalue weighted by molar-refractivity contribution is 14.0. The first-order chi connectivity index (χ1) is 11.0. The molecule has 1 saturated carbocycles. The van der Waals surface area contributed by atoms with Crippen LogP contribution in [-0.2, 0) is 9.84 Å². The number of guanidine groups is 1. The van der Waals surface area contributed by atoms with Crippen LogP contribution in [-0.4, -0.2) is 55.7 Å². The van der Waals surface area contributed by atoms with Crippen molar-refractivity contribution in [3.05, 3.63) is 0 Å². The number of hydrogen-bond donors (Lipinski definition) is 3. The van der Waals surface area contributed by atoms with Crippen LogP contribution in [0.2, 0.25) is 0 Å². The second-order valence-corrected chi connectivity index (χ2v) is 10.8. The number of nitrogens with zero attached hydrogens (tertiary/aromatic N) is 1. The Hall–Kier alpha value is -0.0900. The lowest BCUT2D eigenvalue weighted by Crippen LogP contribution is -2.43. The summed E-state index contributed by atoms with van der Waals surface area (Å²) in [6, 6.07) is 0. The van der Waals surface area contributed by atoms with Crippen molar-refractivity contribution in [2.45, 2.75) is 71.2 Å². The molecule has 1 fully saturated rings. The lowest BCUT2D eigenvalue weighted by molar-refractivity contribution is 0.00716. The zero-order chi connectivity index (χ0) is 18.4. The molecule has 3 N–H and O–H groups in total. The predicted molar refractivity (Wildman–Crippen MR) is 116 cm³/mol. The van der Waals surface area contributed by atoms with Gasteiger partial charge in [-0.3, -0.25) is 4.99 Å². The summed E-state index contributed by atoms with van der Waals surface area (Å²) in [5.74, 6) is 0.682. The molecular formula is C17H36IN3O3S. The van der Waals surface area contributed by atoms with Crippen LogP contribution >= 0.6 is 24.0 Å². The van der Waals surface area contributed by atoms with E-state index in [-0.39, 0.29) is 41.2 Å². The van der Waals surface area contributed by atoms with Gasteiger partial charge in [-0.05, 0) is 40.5 Å². The second kappa shape index (κ2) is 10.3. The van der Waals surface area contributed by atoms with Gasteiger partial charge >= 0.3 is 0 Å². The Bertz CT molecular complexity index is 532. The number of halogens is 1. The summed E-state index contributed by atoms with van der Waals surface area (Å²) in [4.78, 5) is 4.58. The molecule has 0 aromatic rings. The van der Waals surface area contributed by atoms with Gasteiger partial charge in [0, 0.05) is 18.5 Å². The number of aliphatic imine (C=N–C) groups is 1. The highest BCUT2D eigenvalue weighted by Gasteiger charge is 2.35. The van der Waals surface area contributed by atoms with Crippen LogP contribution in [0.25, 0.3) is 0 Å². The molecule has 2 unspecified atom stereocenters. The third-order valence-electron chi connectivity index (χ3n) is 4.82. The molecular weight excluding hydrogens is 453 g/mol. The van der Waals surface area contributed by atoms with Crippen molar-refractivity contribution in [2.75, 3.05) is 25.4 Å². The van der Waals surface area contributed by atoms with E-state index < -0.39 is 14.6 Å². The summed E-state index contributed by atoms with van der Waals surface area (Å²) in [5, 5.41) is 16.5. The topological polar surface area (TPSA) is 90.8 Å². The van der Waals surface area contributed by atoms with Gasteiger partial charge in [0.15, 0.2) is 15.8 Å². The molecule has 0 spiro atoms. The molecule has 0 saturated heterocycles. The first kappa shape index (κ1) is 24.9. The fourth-order valence-electron chi connectivity index (χ4n) is 2.78. The average Bonchev–Trinajstić information content (AvgIpc) is 2.47. The van der Waals surface area contributed by atoms with E-state index in [0.717, 1.165) is 25.7 Å². The minimum absolute atomic E-state index is 0. The van der Waals surface area contributed by atoms with E-state index in [1.165, 1.54) is 0 Å². The maximum atomic E-state index is 12.2. The van der Waals surface area contributed by atoms with Gasteiger partial charge in [0.2, 0.25) is 0 Å². The molecule has 0 aromatic heterocycles. The molecule has 0 radical (unpaired) electrons. The van der Waals surface area contributed by atoms with E-state index in [1.54, 1.807) is 20.8 Å². The summed E-state index contributed by atoms with van der Waals surface area (Å²) in [5.41, 5.74) is -0.196. The third-order valence-corrected chi connectivity index (χ3v) is 7.43. The minimum atomic E-state index is -3.15. The van der Waals surface area contributed by atoms with Gasteiger partial charge < -0.3 is 15.7 Å². The lowest BCUT2D eigenvalue weighted by Gasteiger charge is -2.37.